The van der Waals surface area contributed by atoms with E-state index in [9.17, 15) is 9.90 Å². The molecule has 0 aromatic heterocycles. The molecular formula is C14H22O2. The zero-order valence-electron chi connectivity index (χ0n) is 10.5. The van der Waals surface area contributed by atoms with Crippen molar-refractivity contribution in [1.82, 2.24) is 0 Å². The van der Waals surface area contributed by atoms with Crippen molar-refractivity contribution >= 4 is 5.78 Å². The minimum atomic E-state index is -0.522. The van der Waals surface area contributed by atoms with Crippen LogP contribution in [0.25, 0.3) is 0 Å². The molecule has 0 bridgehead atoms. The Kier molecular flexibility index (Phi) is 1.95. The van der Waals surface area contributed by atoms with E-state index in [-0.39, 0.29) is 11.3 Å². The molecule has 5 atom stereocenters. The summed E-state index contributed by atoms with van der Waals surface area (Å²) in [5.41, 5.74) is -0.374. The van der Waals surface area contributed by atoms with Crippen molar-refractivity contribution in [3.05, 3.63) is 0 Å². The van der Waals surface area contributed by atoms with E-state index in [0.29, 0.717) is 23.5 Å². The highest BCUT2D eigenvalue weighted by Crippen LogP contribution is 2.69. The normalized spacial score (nSPS) is 54.1. The van der Waals surface area contributed by atoms with Crippen LogP contribution in [0, 0.1) is 29.1 Å². The van der Waals surface area contributed by atoms with Gasteiger partial charge in [0.15, 0.2) is 0 Å². The van der Waals surface area contributed by atoms with Crippen LogP contribution < -0.4 is 0 Å². The van der Waals surface area contributed by atoms with Crippen LogP contribution in [0.1, 0.15) is 46.5 Å². The van der Waals surface area contributed by atoms with E-state index >= 15 is 0 Å². The molecule has 0 radical (unpaired) electrons. The Labute approximate surface area is 97.4 Å². The standard InChI is InChI=1S/C14H22O2/c1-13(2)11-9(15)5-4-8-6-7-14(3,16)10(8)12(11)13/h8,10-12,16H,4-7H2,1-3H3/t8-,10-,11?,12?,14+/m0/s1. The molecule has 3 rings (SSSR count). The molecule has 3 saturated carbocycles. The summed E-state index contributed by atoms with van der Waals surface area (Å²) < 4.78 is 0. The monoisotopic (exact) mass is 222 g/mol. The average molecular weight is 222 g/mol. The van der Waals surface area contributed by atoms with Crippen LogP contribution in [-0.4, -0.2) is 16.5 Å². The summed E-state index contributed by atoms with van der Waals surface area (Å²) in [4.78, 5) is 12.0. The average Bonchev–Trinajstić information content (AvgIpc) is 2.65. The molecule has 90 valence electrons. The molecule has 3 aliphatic rings. The minimum Gasteiger partial charge on any atom is -0.390 e. The fourth-order valence-electron chi connectivity index (χ4n) is 4.78. The van der Waals surface area contributed by atoms with Crippen molar-refractivity contribution in [2.45, 2.75) is 52.1 Å². The largest absolute Gasteiger partial charge is 0.390 e. The van der Waals surface area contributed by atoms with Gasteiger partial charge in [-0.3, -0.25) is 4.79 Å². The van der Waals surface area contributed by atoms with E-state index in [1.54, 1.807) is 0 Å². The molecule has 3 aliphatic carbocycles. The number of hydrogen-bond acceptors (Lipinski definition) is 2. The molecule has 0 saturated heterocycles. The molecule has 0 aliphatic heterocycles. The van der Waals surface area contributed by atoms with E-state index in [2.05, 4.69) is 13.8 Å². The number of rotatable bonds is 0. The summed E-state index contributed by atoms with van der Waals surface area (Å²) in [5.74, 6) is 2.12. The third-order valence-electron chi connectivity index (χ3n) is 5.65. The highest BCUT2D eigenvalue weighted by atomic mass is 16.3. The van der Waals surface area contributed by atoms with Gasteiger partial charge in [0.2, 0.25) is 0 Å². The third-order valence-corrected chi connectivity index (χ3v) is 5.65. The van der Waals surface area contributed by atoms with Gasteiger partial charge in [0.05, 0.1) is 5.60 Å². The van der Waals surface area contributed by atoms with Crippen LogP contribution >= 0.6 is 0 Å². The number of Topliss-reactive ketones (excluding diaryl/α,β-unsaturated/α-hetero) is 1. The van der Waals surface area contributed by atoms with Crippen molar-refractivity contribution in [3.63, 3.8) is 0 Å². The maximum Gasteiger partial charge on any atom is 0.136 e. The van der Waals surface area contributed by atoms with E-state index in [0.717, 1.165) is 25.7 Å². The van der Waals surface area contributed by atoms with Crippen molar-refractivity contribution in [2.75, 3.05) is 0 Å². The zero-order valence-corrected chi connectivity index (χ0v) is 10.5. The first-order chi connectivity index (χ1) is 7.36. The predicted molar refractivity (Wildman–Crippen MR) is 61.8 cm³/mol. The van der Waals surface area contributed by atoms with Gasteiger partial charge in [-0.05, 0) is 49.4 Å². The molecule has 0 aromatic rings. The van der Waals surface area contributed by atoms with Crippen LogP contribution in [0.4, 0.5) is 0 Å². The summed E-state index contributed by atoms with van der Waals surface area (Å²) in [7, 11) is 0. The summed E-state index contributed by atoms with van der Waals surface area (Å²) in [6, 6.07) is 0. The Morgan fingerprint density at radius 1 is 1.19 bits per heavy atom. The first-order valence-electron chi connectivity index (χ1n) is 6.61. The summed E-state index contributed by atoms with van der Waals surface area (Å²) in [6.45, 7) is 6.40. The minimum absolute atomic E-state index is 0.148. The van der Waals surface area contributed by atoms with E-state index in [1.165, 1.54) is 0 Å². The zero-order chi connectivity index (χ0) is 11.7. The predicted octanol–water partition coefficient (Wildman–Crippen LogP) is 2.40. The van der Waals surface area contributed by atoms with Crippen molar-refractivity contribution in [1.29, 1.82) is 0 Å². The number of carbonyl (C=O) groups is 1. The van der Waals surface area contributed by atoms with Gasteiger partial charge in [-0.1, -0.05) is 13.8 Å². The Hall–Kier alpha value is -0.370. The topological polar surface area (TPSA) is 37.3 Å². The quantitative estimate of drug-likeness (QED) is 0.683. The molecule has 0 amide bonds. The molecule has 0 spiro atoms. The van der Waals surface area contributed by atoms with Crippen LogP contribution in [-0.2, 0) is 4.79 Å². The summed E-state index contributed by atoms with van der Waals surface area (Å²) in [6.07, 6.45) is 3.81. The van der Waals surface area contributed by atoms with Crippen LogP contribution in [0.15, 0.2) is 0 Å². The highest BCUT2D eigenvalue weighted by Gasteiger charge is 2.69. The summed E-state index contributed by atoms with van der Waals surface area (Å²) in [5, 5.41) is 10.5. The van der Waals surface area contributed by atoms with Crippen molar-refractivity contribution in [3.8, 4) is 0 Å². The molecule has 0 aromatic carbocycles. The van der Waals surface area contributed by atoms with Gasteiger partial charge in [-0.15, -0.1) is 0 Å². The lowest BCUT2D eigenvalue weighted by molar-refractivity contribution is -0.121. The smallest absolute Gasteiger partial charge is 0.136 e. The molecule has 2 unspecified atom stereocenters. The fourth-order valence-corrected chi connectivity index (χ4v) is 4.78. The number of aliphatic hydroxyl groups is 1. The van der Waals surface area contributed by atoms with E-state index in [1.807, 2.05) is 6.92 Å². The Morgan fingerprint density at radius 3 is 2.56 bits per heavy atom. The molecule has 0 heterocycles. The second kappa shape index (κ2) is 2.90. The first kappa shape index (κ1) is 10.8. The third kappa shape index (κ3) is 1.20. The molecule has 2 heteroatoms. The Morgan fingerprint density at radius 2 is 1.88 bits per heavy atom. The SMILES string of the molecule is CC1(C)C2C(=O)CC[C@H]3CC[C@@](C)(O)[C@@H]3C21. The maximum atomic E-state index is 12.0. The van der Waals surface area contributed by atoms with Gasteiger partial charge in [-0.25, -0.2) is 0 Å². The lowest BCUT2D eigenvalue weighted by Gasteiger charge is -2.30. The highest BCUT2D eigenvalue weighted by molar-refractivity contribution is 5.85. The molecule has 3 fully saturated rings. The van der Waals surface area contributed by atoms with Gasteiger partial charge in [-0.2, -0.15) is 0 Å². The molecular weight excluding hydrogens is 200 g/mol. The van der Waals surface area contributed by atoms with Gasteiger partial charge >= 0.3 is 0 Å². The van der Waals surface area contributed by atoms with Crippen molar-refractivity contribution < 1.29 is 9.90 Å². The van der Waals surface area contributed by atoms with Gasteiger partial charge in [0, 0.05) is 12.3 Å². The lowest BCUT2D eigenvalue weighted by Crippen LogP contribution is -2.34. The number of ketones is 1. The molecule has 1 N–H and O–H groups in total. The Balaban J connectivity index is 1.97. The van der Waals surface area contributed by atoms with Crippen LogP contribution in [0.5, 0.6) is 0 Å². The number of hydrogen-bond donors (Lipinski definition) is 1. The van der Waals surface area contributed by atoms with Gasteiger partial charge in [0.1, 0.15) is 5.78 Å². The summed E-state index contributed by atoms with van der Waals surface area (Å²) >= 11 is 0. The number of carbonyl (C=O) groups excluding carboxylic acids is 1. The van der Waals surface area contributed by atoms with E-state index < -0.39 is 5.60 Å². The first-order valence-corrected chi connectivity index (χ1v) is 6.61. The second-order valence-corrected chi connectivity index (χ2v) is 7.01. The molecule has 2 nitrogen and oxygen atoms in total. The van der Waals surface area contributed by atoms with Gasteiger partial charge < -0.3 is 5.11 Å². The Bertz CT molecular complexity index is 343. The van der Waals surface area contributed by atoms with Gasteiger partial charge in [0.25, 0.3) is 0 Å². The molecule has 16 heavy (non-hydrogen) atoms. The fraction of sp³-hybridized carbons (Fsp3) is 0.929. The second-order valence-electron chi connectivity index (χ2n) is 7.01. The van der Waals surface area contributed by atoms with Crippen LogP contribution in [0.3, 0.4) is 0 Å². The lowest BCUT2D eigenvalue weighted by atomic mass is 9.79. The van der Waals surface area contributed by atoms with Crippen molar-refractivity contribution in [2.24, 2.45) is 29.1 Å². The van der Waals surface area contributed by atoms with Crippen LogP contribution in [0.2, 0.25) is 0 Å². The maximum absolute atomic E-state index is 12.0. The number of fused-ring (bicyclic) bond motifs is 3. The van der Waals surface area contributed by atoms with E-state index in [4.69, 9.17) is 0 Å².